The van der Waals surface area contributed by atoms with Crippen molar-refractivity contribution in [2.45, 2.75) is 6.54 Å². The van der Waals surface area contributed by atoms with Crippen LogP contribution in [0.25, 0.3) is 27.7 Å². The highest BCUT2D eigenvalue weighted by Crippen LogP contribution is 2.30. The summed E-state index contributed by atoms with van der Waals surface area (Å²) in [4.78, 5) is 22.1. The van der Waals surface area contributed by atoms with E-state index in [4.69, 9.17) is 4.74 Å². The van der Waals surface area contributed by atoms with Crippen LogP contribution in [0.4, 0.5) is 0 Å². The molecule has 0 radical (unpaired) electrons. The summed E-state index contributed by atoms with van der Waals surface area (Å²) >= 11 is 0. The number of fused-ring (bicyclic) bond motifs is 2. The Hall–Kier alpha value is -3.30. The third-order valence-electron chi connectivity index (χ3n) is 5.13. The van der Waals surface area contributed by atoms with Crippen molar-refractivity contribution >= 4 is 22.5 Å². The van der Waals surface area contributed by atoms with Gasteiger partial charge in [0.25, 0.3) is 0 Å². The summed E-state index contributed by atoms with van der Waals surface area (Å²) in [6, 6.07) is 7.89. The van der Waals surface area contributed by atoms with Gasteiger partial charge in [0.05, 0.1) is 38.0 Å². The van der Waals surface area contributed by atoms with Crippen molar-refractivity contribution in [3.8, 4) is 11.1 Å². The number of rotatable bonds is 5. The average Bonchev–Trinajstić information content (AvgIpc) is 3.37. The van der Waals surface area contributed by atoms with Crippen molar-refractivity contribution in [2.75, 3.05) is 32.8 Å². The zero-order valence-electron chi connectivity index (χ0n) is 15.8. The minimum absolute atomic E-state index is 0.00689. The van der Waals surface area contributed by atoms with Crippen LogP contribution in [0.5, 0.6) is 0 Å². The number of pyridine rings is 1. The van der Waals surface area contributed by atoms with Crippen molar-refractivity contribution in [3.05, 3.63) is 48.5 Å². The number of hydrogen-bond acceptors (Lipinski definition) is 6. The molecule has 2 N–H and O–H groups in total. The number of ether oxygens (including phenoxy) is 1. The standard InChI is InChI=1S/C20H21N7O2/c28-19(13-26-6-8-29-9-7-26)22-11-14-10-16-15(3-5-21-20(16)25-14)17-12-24-27-18(17)2-1-4-23-27/h1-5,10,12H,6-9,11,13H2,(H,21,25)(H,22,28). The molecule has 5 heterocycles. The zero-order chi connectivity index (χ0) is 19.6. The van der Waals surface area contributed by atoms with Crippen LogP contribution in [0.1, 0.15) is 5.69 Å². The molecule has 0 bridgehead atoms. The van der Waals surface area contributed by atoms with Crippen molar-refractivity contribution in [3.63, 3.8) is 0 Å². The molecular formula is C20H21N7O2. The van der Waals surface area contributed by atoms with E-state index >= 15 is 0 Å². The molecule has 0 spiro atoms. The fourth-order valence-corrected chi connectivity index (χ4v) is 3.66. The van der Waals surface area contributed by atoms with Crippen molar-refractivity contribution < 1.29 is 9.53 Å². The Morgan fingerprint density at radius 1 is 1.17 bits per heavy atom. The van der Waals surface area contributed by atoms with E-state index in [0.717, 1.165) is 46.5 Å². The maximum atomic E-state index is 12.3. The van der Waals surface area contributed by atoms with Gasteiger partial charge in [-0.1, -0.05) is 0 Å². The Kier molecular flexibility index (Phi) is 4.66. The molecule has 0 saturated carbocycles. The topological polar surface area (TPSA) is 100 Å². The third-order valence-corrected chi connectivity index (χ3v) is 5.13. The number of aromatic nitrogens is 5. The molecule has 1 amide bonds. The molecule has 4 aromatic rings. The molecule has 9 heteroatoms. The van der Waals surface area contributed by atoms with Crippen molar-refractivity contribution in [1.82, 2.24) is 35.0 Å². The van der Waals surface area contributed by atoms with E-state index in [0.29, 0.717) is 26.3 Å². The van der Waals surface area contributed by atoms with Crippen LogP contribution >= 0.6 is 0 Å². The van der Waals surface area contributed by atoms with Gasteiger partial charge >= 0.3 is 0 Å². The van der Waals surface area contributed by atoms with Crippen LogP contribution in [0, 0.1) is 0 Å². The first-order valence-electron chi connectivity index (χ1n) is 9.61. The number of amides is 1. The van der Waals surface area contributed by atoms with Crippen LogP contribution in [-0.4, -0.2) is 68.5 Å². The fourth-order valence-electron chi connectivity index (χ4n) is 3.66. The Bertz CT molecular complexity index is 1160. The fraction of sp³-hybridized carbons (Fsp3) is 0.300. The Balaban J connectivity index is 1.35. The van der Waals surface area contributed by atoms with Gasteiger partial charge in [-0.25, -0.2) is 4.98 Å². The lowest BCUT2D eigenvalue weighted by molar-refractivity contribution is -0.123. The quantitative estimate of drug-likeness (QED) is 0.531. The van der Waals surface area contributed by atoms with Gasteiger partial charge in [0.2, 0.25) is 5.91 Å². The van der Waals surface area contributed by atoms with Gasteiger partial charge in [-0.3, -0.25) is 9.69 Å². The van der Waals surface area contributed by atoms with Gasteiger partial charge in [-0.05, 0) is 29.8 Å². The first-order valence-corrected chi connectivity index (χ1v) is 9.61. The molecule has 9 nitrogen and oxygen atoms in total. The highest BCUT2D eigenvalue weighted by atomic mass is 16.5. The molecule has 1 saturated heterocycles. The first kappa shape index (κ1) is 17.8. The summed E-state index contributed by atoms with van der Waals surface area (Å²) in [6.45, 7) is 3.77. The molecule has 0 aromatic carbocycles. The first-order chi connectivity index (χ1) is 14.3. The minimum atomic E-state index is 0.00689. The molecule has 148 valence electrons. The second-order valence-corrected chi connectivity index (χ2v) is 7.04. The van der Waals surface area contributed by atoms with Gasteiger partial charge in [-0.2, -0.15) is 14.8 Å². The van der Waals surface area contributed by atoms with Gasteiger partial charge < -0.3 is 15.0 Å². The van der Waals surface area contributed by atoms with Crippen LogP contribution < -0.4 is 5.32 Å². The summed E-state index contributed by atoms with van der Waals surface area (Å²) in [6.07, 6.45) is 5.29. The molecule has 0 unspecified atom stereocenters. The maximum Gasteiger partial charge on any atom is 0.234 e. The molecule has 29 heavy (non-hydrogen) atoms. The number of hydrogen-bond donors (Lipinski definition) is 2. The average molecular weight is 391 g/mol. The Morgan fingerprint density at radius 2 is 2.07 bits per heavy atom. The van der Waals surface area contributed by atoms with E-state index < -0.39 is 0 Å². The molecule has 4 aromatic heterocycles. The van der Waals surface area contributed by atoms with Gasteiger partial charge in [0, 0.05) is 42.1 Å². The molecular weight excluding hydrogens is 370 g/mol. The SMILES string of the molecule is O=C(CN1CCOCC1)NCc1cc2c(-c3cnn4ncccc34)ccnc2[nH]1. The van der Waals surface area contributed by atoms with E-state index in [1.807, 2.05) is 30.5 Å². The van der Waals surface area contributed by atoms with Crippen LogP contribution in [0.3, 0.4) is 0 Å². The van der Waals surface area contributed by atoms with Crippen LogP contribution in [-0.2, 0) is 16.1 Å². The lowest BCUT2D eigenvalue weighted by Gasteiger charge is -2.25. The van der Waals surface area contributed by atoms with Crippen molar-refractivity contribution in [1.29, 1.82) is 0 Å². The van der Waals surface area contributed by atoms with E-state index in [-0.39, 0.29) is 5.91 Å². The Labute approximate surface area is 166 Å². The minimum Gasteiger partial charge on any atom is -0.379 e. The molecule has 0 aliphatic carbocycles. The van der Waals surface area contributed by atoms with E-state index in [9.17, 15) is 4.79 Å². The van der Waals surface area contributed by atoms with Gasteiger partial charge in [-0.15, -0.1) is 0 Å². The van der Waals surface area contributed by atoms with Gasteiger partial charge in [0.15, 0.2) is 0 Å². The smallest absolute Gasteiger partial charge is 0.234 e. The second-order valence-electron chi connectivity index (χ2n) is 7.04. The predicted molar refractivity (Wildman–Crippen MR) is 107 cm³/mol. The Morgan fingerprint density at radius 3 is 2.97 bits per heavy atom. The predicted octanol–water partition coefficient (Wildman–Crippen LogP) is 1.22. The lowest BCUT2D eigenvalue weighted by atomic mass is 10.1. The summed E-state index contributed by atoms with van der Waals surface area (Å²) in [5.41, 5.74) is 4.64. The molecule has 1 fully saturated rings. The summed E-state index contributed by atoms with van der Waals surface area (Å²) in [5, 5.41) is 12.5. The van der Waals surface area contributed by atoms with E-state index in [2.05, 4.69) is 30.4 Å². The maximum absolute atomic E-state index is 12.3. The number of carbonyl (C=O) groups excluding carboxylic acids is 1. The summed E-state index contributed by atoms with van der Waals surface area (Å²) in [7, 11) is 0. The van der Waals surface area contributed by atoms with E-state index in [1.54, 1.807) is 17.0 Å². The van der Waals surface area contributed by atoms with Crippen LogP contribution in [0.15, 0.2) is 42.9 Å². The third kappa shape index (κ3) is 3.57. The monoisotopic (exact) mass is 391 g/mol. The highest BCUT2D eigenvalue weighted by Gasteiger charge is 2.15. The summed E-state index contributed by atoms with van der Waals surface area (Å²) < 4.78 is 6.93. The number of aromatic amines is 1. The van der Waals surface area contributed by atoms with E-state index in [1.165, 1.54) is 0 Å². The summed E-state index contributed by atoms with van der Waals surface area (Å²) in [5.74, 6) is 0.00689. The number of morpholine rings is 1. The van der Waals surface area contributed by atoms with Crippen molar-refractivity contribution in [2.24, 2.45) is 0 Å². The highest BCUT2D eigenvalue weighted by molar-refractivity contribution is 5.97. The number of nitrogens with zero attached hydrogens (tertiary/aromatic N) is 5. The van der Waals surface area contributed by atoms with Gasteiger partial charge in [0.1, 0.15) is 5.65 Å². The molecule has 1 aliphatic rings. The molecule has 1 aliphatic heterocycles. The molecule has 0 atom stereocenters. The largest absolute Gasteiger partial charge is 0.379 e. The number of H-pyrrole nitrogens is 1. The number of carbonyl (C=O) groups is 1. The zero-order valence-corrected chi connectivity index (χ0v) is 15.8. The van der Waals surface area contributed by atoms with Crippen LogP contribution in [0.2, 0.25) is 0 Å². The number of nitrogens with one attached hydrogen (secondary N) is 2. The second kappa shape index (κ2) is 7.61. The molecule has 5 rings (SSSR count). The normalized spacial score (nSPS) is 15.2. The lowest BCUT2D eigenvalue weighted by Crippen LogP contribution is -2.43.